The molecule has 0 bridgehead atoms. The van der Waals surface area contributed by atoms with E-state index in [1.165, 1.54) is 24.5 Å². The molecule has 0 radical (unpaired) electrons. The summed E-state index contributed by atoms with van der Waals surface area (Å²) in [6, 6.07) is 0. The maximum atomic E-state index is 2.40. The summed E-state index contributed by atoms with van der Waals surface area (Å²) in [5.74, 6) is 6.69. The van der Waals surface area contributed by atoms with Crippen molar-refractivity contribution in [2.75, 3.05) is 0 Å². The van der Waals surface area contributed by atoms with Crippen molar-refractivity contribution in [2.24, 2.45) is 11.8 Å². The van der Waals surface area contributed by atoms with Gasteiger partial charge >= 0.3 is 0 Å². The lowest BCUT2D eigenvalue weighted by atomic mass is 10.0. The van der Waals surface area contributed by atoms with Gasteiger partial charge in [0.15, 0.2) is 0 Å². The zero-order valence-electron chi connectivity index (χ0n) is 11.6. The minimum atomic E-state index is -0.228. The first-order chi connectivity index (χ1) is 6.43. The SMILES string of the molecule is CC(C)[CH2][Al]([CH3])[CH3].CCCC(C)CC. The zero-order chi connectivity index (χ0) is 11.6. The van der Waals surface area contributed by atoms with Gasteiger partial charge in [-0.3, -0.25) is 0 Å². The third-order valence-corrected chi connectivity index (χ3v) is 4.31. The predicted octanol–water partition coefficient (Wildman–Crippen LogP) is 5.23. The second-order valence-corrected chi connectivity index (χ2v) is 8.58. The van der Waals surface area contributed by atoms with Crippen LogP contribution in [0.15, 0.2) is 0 Å². The van der Waals surface area contributed by atoms with Crippen LogP contribution in [-0.4, -0.2) is 14.1 Å². The molecule has 0 nitrogen and oxygen atoms in total. The number of rotatable bonds is 5. The molecule has 0 spiro atoms. The van der Waals surface area contributed by atoms with Gasteiger partial charge < -0.3 is 0 Å². The lowest BCUT2D eigenvalue weighted by Gasteiger charge is -2.02. The molecule has 0 aliphatic carbocycles. The summed E-state index contributed by atoms with van der Waals surface area (Å²) in [7, 11) is 0. The molecule has 0 saturated heterocycles. The van der Waals surface area contributed by atoms with Crippen LogP contribution in [0.4, 0.5) is 0 Å². The Bertz CT molecular complexity index is 91.4. The Hall–Kier alpha value is 0.532. The maximum absolute atomic E-state index is 2.40. The summed E-state index contributed by atoms with van der Waals surface area (Å²) in [5, 5.41) is 1.50. The molecule has 0 heterocycles. The average Bonchev–Trinajstić information content (AvgIpc) is 2.03. The first-order valence-electron chi connectivity index (χ1n) is 6.43. The highest BCUT2D eigenvalue weighted by molar-refractivity contribution is 6.55. The van der Waals surface area contributed by atoms with E-state index in [-0.39, 0.29) is 14.1 Å². The summed E-state index contributed by atoms with van der Waals surface area (Å²) in [6.07, 6.45) is 4.08. The molecule has 0 amide bonds. The molecule has 0 aromatic heterocycles. The Kier molecular flexibility index (Phi) is 14.0. The van der Waals surface area contributed by atoms with Crippen LogP contribution in [0.2, 0.25) is 16.9 Å². The Labute approximate surface area is 96.9 Å². The van der Waals surface area contributed by atoms with Crippen LogP contribution in [0.5, 0.6) is 0 Å². The standard InChI is InChI=1S/C7H16.C4H9.2CH3.Al/c1-4-6-7(3)5-2;1-4(2)3;;;/h7H,4-6H2,1-3H3;4H,1H2,2-3H3;2*1H3;. The van der Waals surface area contributed by atoms with E-state index in [1.807, 2.05) is 0 Å². The monoisotopic (exact) mass is 214 g/mol. The highest BCUT2D eigenvalue weighted by Crippen LogP contribution is 2.07. The van der Waals surface area contributed by atoms with E-state index in [2.05, 4.69) is 46.2 Å². The topological polar surface area (TPSA) is 0 Å². The van der Waals surface area contributed by atoms with Crippen LogP contribution in [-0.2, 0) is 0 Å². The normalized spacial score (nSPS) is 12.0. The van der Waals surface area contributed by atoms with Gasteiger partial charge in [0.2, 0.25) is 0 Å². The Balaban J connectivity index is 0. The summed E-state index contributed by atoms with van der Waals surface area (Å²) < 4.78 is 0. The van der Waals surface area contributed by atoms with Gasteiger partial charge in [-0.25, -0.2) is 0 Å². The summed E-state index contributed by atoms with van der Waals surface area (Å²) in [5.41, 5.74) is 0. The maximum Gasteiger partial charge on any atom is 0.255 e. The Morgan fingerprint density at radius 2 is 1.50 bits per heavy atom. The van der Waals surface area contributed by atoms with Crippen LogP contribution in [0, 0.1) is 11.8 Å². The van der Waals surface area contributed by atoms with Crippen molar-refractivity contribution in [3.63, 3.8) is 0 Å². The Morgan fingerprint density at radius 3 is 1.57 bits per heavy atom. The van der Waals surface area contributed by atoms with E-state index in [4.69, 9.17) is 0 Å². The van der Waals surface area contributed by atoms with E-state index < -0.39 is 0 Å². The Morgan fingerprint density at radius 1 is 1.00 bits per heavy atom. The number of hydrogen-bond donors (Lipinski definition) is 0. The van der Waals surface area contributed by atoms with Crippen molar-refractivity contribution in [2.45, 2.75) is 70.7 Å². The minimum absolute atomic E-state index is 0.228. The summed E-state index contributed by atoms with van der Waals surface area (Å²) in [6.45, 7) is 11.4. The largest absolute Gasteiger partial charge is 0.255 e. The van der Waals surface area contributed by atoms with Gasteiger partial charge in [0.05, 0.1) is 0 Å². The third kappa shape index (κ3) is 18.3. The molecule has 14 heavy (non-hydrogen) atoms. The quantitative estimate of drug-likeness (QED) is 0.550. The molecular weight excluding hydrogens is 183 g/mol. The van der Waals surface area contributed by atoms with Crippen LogP contribution in [0.25, 0.3) is 0 Å². The molecule has 0 N–H and O–H groups in total. The lowest BCUT2D eigenvalue weighted by molar-refractivity contribution is 0.509. The van der Waals surface area contributed by atoms with E-state index in [1.54, 1.807) is 0 Å². The molecule has 86 valence electrons. The van der Waals surface area contributed by atoms with Gasteiger partial charge in [0.25, 0.3) is 14.1 Å². The second kappa shape index (κ2) is 11.6. The molecule has 1 unspecified atom stereocenters. The van der Waals surface area contributed by atoms with Crippen molar-refractivity contribution >= 4 is 14.1 Å². The molecule has 0 rings (SSSR count). The fourth-order valence-electron chi connectivity index (χ4n) is 1.64. The zero-order valence-corrected chi connectivity index (χ0v) is 12.7. The lowest BCUT2D eigenvalue weighted by Crippen LogP contribution is -2.02. The van der Waals surface area contributed by atoms with Gasteiger partial charge in [-0.1, -0.05) is 65.1 Å². The highest BCUT2D eigenvalue weighted by Gasteiger charge is 2.02. The summed E-state index contributed by atoms with van der Waals surface area (Å²) >= 11 is -0.228. The molecule has 0 aromatic rings. The van der Waals surface area contributed by atoms with Crippen LogP contribution >= 0.6 is 0 Å². The fraction of sp³-hybridized carbons (Fsp3) is 1.00. The van der Waals surface area contributed by atoms with Crippen molar-refractivity contribution in [1.82, 2.24) is 0 Å². The molecule has 0 saturated carbocycles. The van der Waals surface area contributed by atoms with Crippen LogP contribution < -0.4 is 0 Å². The van der Waals surface area contributed by atoms with Crippen molar-refractivity contribution in [1.29, 1.82) is 0 Å². The fourth-order valence-corrected chi connectivity index (χ4v) is 3.53. The molecule has 0 aliphatic rings. The van der Waals surface area contributed by atoms with Crippen LogP contribution in [0.1, 0.15) is 53.9 Å². The smallest absolute Gasteiger partial charge is 0.106 e. The van der Waals surface area contributed by atoms with E-state index >= 15 is 0 Å². The van der Waals surface area contributed by atoms with Gasteiger partial charge in [-0.05, 0) is 5.92 Å². The molecular formula is C13H31Al. The molecule has 0 aliphatic heterocycles. The molecule has 0 fully saturated rings. The highest BCUT2D eigenvalue weighted by atomic mass is 27.2. The van der Waals surface area contributed by atoms with Gasteiger partial charge in [-0.2, -0.15) is 0 Å². The van der Waals surface area contributed by atoms with Gasteiger partial charge in [-0.15, -0.1) is 11.6 Å². The number of hydrogen-bond acceptors (Lipinski definition) is 0. The van der Waals surface area contributed by atoms with E-state index in [9.17, 15) is 0 Å². The minimum Gasteiger partial charge on any atom is -0.106 e. The van der Waals surface area contributed by atoms with E-state index in [0.717, 1.165) is 11.8 Å². The predicted molar refractivity (Wildman–Crippen MR) is 71.5 cm³/mol. The van der Waals surface area contributed by atoms with Gasteiger partial charge in [0, 0.05) is 0 Å². The second-order valence-electron chi connectivity index (χ2n) is 5.33. The first-order valence-corrected chi connectivity index (χ1v) is 9.56. The summed E-state index contributed by atoms with van der Waals surface area (Å²) in [4.78, 5) is 0. The molecule has 1 atom stereocenters. The van der Waals surface area contributed by atoms with Crippen LogP contribution in [0.3, 0.4) is 0 Å². The molecule has 1 heteroatoms. The van der Waals surface area contributed by atoms with Gasteiger partial charge in [0.1, 0.15) is 0 Å². The van der Waals surface area contributed by atoms with Crippen molar-refractivity contribution < 1.29 is 0 Å². The molecule has 0 aromatic carbocycles. The first kappa shape index (κ1) is 16.9. The third-order valence-electron chi connectivity index (χ3n) is 2.42. The van der Waals surface area contributed by atoms with Crippen molar-refractivity contribution in [3.8, 4) is 0 Å². The average molecular weight is 214 g/mol. The van der Waals surface area contributed by atoms with Crippen molar-refractivity contribution in [3.05, 3.63) is 0 Å². The van der Waals surface area contributed by atoms with E-state index in [0.29, 0.717) is 0 Å².